The molecule has 0 spiro atoms. The van der Waals surface area contributed by atoms with E-state index in [2.05, 4.69) is 0 Å². The molecule has 0 aliphatic carbocycles. The minimum absolute atomic E-state index is 0. The number of likely N-dealkylation sites (N-methyl/N-ethyl adjacent to an activating group) is 1. The van der Waals surface area contributed by atoms with Crippen molar-refractivity contribution in [1.82, 2.24) is 4.90 Å². The van der Waals surface area contributed by atoms with Crippen LogP contribution in [-0.4, -0.2) is 36.2 Å². The number of halogens is 3. The Labute approximate surface area is 128 Å². The molecule has 0 saturated carbocycles. The number of benzene rings is 1. The Morgan fingerprint density at radius 3 is 2.43 bits per heavy atom. The Morgan fingerprint density at radius 2 is 1.90 bits per heavy atom. The van der Waals surface area contributed by atoms with E-state index in [0.717, 1.165) is 12.1 Å². The molecule has 118 valence electrons. The molecule has 0 fully saturated rings. The number of nitrogens with zero attached hydrogens (tertiary/aromatic N) is 1. The summed E-state index contributed by atoms with van der Waals surface area (Å²) in [5.41, 5.74) is 5.25. The van der Waals surface area contributed by atoms with E-state index in [1.165, 1.54) is 4.90 Å². The highest BCUT2D eigenvalue weighted by atomic mass is 35.5. The molecular weight excluding hydrogens is 302 g/mol. The Kier molecular flexibility index (Phi) is 8.06. The van der Waals surface area contributed by atoms with Crippen molar-refractivity contribution in [3.05, 3.63) is 35.4 Å². The molecule has 1 amide bonds. The van der Waals surface area contributed by atoms with Gasteiger partial charge in [0.25, 0.3) is 0 Å². The first-order valence-electron chi connectivity index (χ1n) is 6.30. The molecule has 0 aromatic heterocycles. The van der Waals surface area contributed by atoms with Gasteiger partial charge in [-0.05, 0) is 19.1 Å². The zero-order valence-electron chi connectivity index (χ0n) is 11.9. The zero-order chi connectivity index (χ0) is 15.3. The van der Waals surface area contributed by atoms with Crippen LogP contribution in [0.1, 0.15) is 30.1 Å². The third-order valence-electron chi connectivity index (χ3n) is 3.19. The van der Waals surface area contributed by atoms with Crippen molar-refractivity contribution in [2.24, 2.45) is 5.73 Å². The number of rotatable bonds is 6. The molecule has 0 aliphatic heterocycles. The highest BCUT2D eigenvalue weighted by Gasteiger charge is 2.18. The van der Waals surface area contributed by atoms with Crippen LogP contribution in [0.15, 0.2) is 18.2 Å². The highest BCUT2D eigenvalue weighted by molar-refractivity contribution is 5.98. The van der Waals surface area contributed by atoms with Gasteiger partial charge in [0.05, 0.1) is 5.56 Å². The summed E-state index contributed by atoms with van der Waals surface area (Å²) < 4.78 is 26.1. The second-order valence-corrected chi connectivity index (χ2v) is 4.64. The van der Waals surface area contributed by atoms with Crippen molar-refractivity contribution in [2.75, 3.05) is 13.6 Å². The van der Waals surface area contributed by atoms with Gasteiger partial charge in [0.2, 0.25) is 5.91 Å². The molecule has 2 N–H and O–H groups in total. The molecule has 0 radical (unpaired) electrons. The minimum Gasteiger partial charge on any atom is -0.342 e. The van der Waals surface area contributed by atoms with Crippen LogP contribution in [0.2, 0.25) is 0 Å². The molecular formula is C14H19ClF2N2O2. The van der Waals surface area contributed by atoms with Crippen molar-refractivity contribution in [2.45, 2.75) is 25.8 Å². The fourth-order valence-electron chi connectivity index (χ4n) is 1.65. The number of amides is 1. The average Bonchev–Trinajstić information content (AvgIpc) is 2.42. The average molecular weight is 321 g/mol. The molecule has 0 heterocycles. The van der Waals surface area contributed by atoms with Gasteiger partial charge in [-0.15, -0.1) is 12.4 Å². The predicted molar refractivity (Wildman–Crippen MR) is 78.5 cm³/mol. The number of hydrogen-bond donors (Lipinski definition) is 1. The second-order valence-electron chi connectivity index (χ2n) is 4.64. The molecule has 1 aromatic rings. The lowest BCUT2D eigenvalue weighted by molar-refractivity contribution is -0.131. The predicted octanol–water partition coefficient (Wildman–Crippen LogP) is 2.16. The third kappa shape index (κ3) is 5.40. The second kappa shape index (κ2) is 8.69. The number of carbonyl (C=O) groups is 2. The Bertz CT molecular complexity index is 512. The standard InChI is InChI=1S/C14H18F2N2O2.ClH/c1-9(8-17)18(2)14(20)6-5-13(19)11-4-3-10(15)7-12(11)16;/h3-4,7,9H,5-6,8,17H2,1-2H3;1H. The van der Waals surface area contributed by atoms with Gasteiger partial charge in [0.15, 0.2) is 5.78 Å². The maximum atomic E-state index is 13.4. The summed E-state index contributed by atoms with van der Waals surface area (Å²) >= 11 is 0. The fourth-order valence-corrected chi connectivity index (χ4v) is 1.65. The highest BCUT2D eigenvalue weighted by Crippen LogP contribution is 2.13. The molecule has 0 aliphatic rings. The van der Waals surface area contributed by atoms with Crippen LogP contribution in [0, 0.1) is 11.6 Å². The lowest BCUT2D eigenvalue weighted by Crippen LogP contribution is -2.39. The molecule has 0 bridgehead atoms. The molecule has 0 saturated heterocycles. The normalized spacial score (nSPS) is 11.5. The first kappa shape index (κ1) is 19.5. The van der Waals surface area contributed by atoms with E-state index in [0.29, 0.717) is 12.6 Å². The van der Waals surface area contributed by atoms with E-state index >= 15 is 0 Å². The number of nitrogens with two attached hydrogens (primary N) is 1. The van der Waals surface area contributed by atoms with Crippen molar-refractivity contribution < 1.29 is 18.4 Å². The maximum absolute atomic E-state index is 13.4. The smallest absolute Gasteiger partial charge is 0.223 e. The van der Waals surface area contributed by atoms with Gasteiger partial charge in [-0.25, -0.2) is 8.78 Å². The van der Waals surface area contributed by atoms with Gasteiger partial charge in [-0.2, -0.15) is 0 Å². The minimum atomic E-state index is -0.911. The van der Waals surface area contributed by atoms with Crippen LogP contribution in [0.3, 0.4) is 0 Å². The summed E-state index contributed by atoms with van der Waals surface area (Å²) in [6.45, 7) is 2.11. The van der Waals surface area contributed by atoms with Gasteiger partial charge >= 0.3 is 0 Å². The van der Waals surface area contributed by atoms with Crippen LogP contribution in [0.5, 0.6) is 0 Å². The van der Waals surface area contributed by atoms with E-state index in [4.69, 9.17) is 5.73 Å². The number of carbonyl (C=O) groups excluding carboxylic acids is 2. The first-order chi connectivity index (χ1) is 9.36. The van der Waals surface area contributed by atoms with Gasteiger partial charge in [-0.1, -0.05) is 0 Å². The lowest BCUT2D eigenvalue weighted by Gasteiger charge is -2.23. The van der Waals surface area contributed by atoms with Crippen LogP contribution in [-0.2, 0) is 4.79 Å². The molecule has 1 rings (SSSR count). The van der Waals surface area contributed by atoms with Crippen LogP contribution < -0.4 is 5.73 Å². The number of Topliss-reactive ketones (excluding diaryl/α,β-unsaturated/α-hetero) is 1. The lowest BCUT2D eigenvalue weighted by atomic mass is 10.1. The molecule has 1 unspecified atom stereocenters. The molecule has 7 heteroatoms. The summed E-state index contributed by atoms with van der Waals surface area (Å²) in [7, 11) is 1.60. The quantitative estimate of drug-likeness (QED) is 0.817. The van der Waals surface area contributed by atoms with Gasteiger partial charge in [0.1, 0.15) is 11.6 Å². The summed E-state index contributed by atoms with van der Waals surface area (Å²) in [5, 5.41) is 0. The van der Waals surface area contributed by atoms with Crippen LogP contribution >= 0.6 is 12.4 Å². The topological polar surface area (TPSA) is 63.4 Å². The summed E-state index contributed by atoms with van der Waals surface area (Å²) in [4.78, 5) is 25.0. The molecule has 1 atom stereocenters. The van der Waals surface area contributed by atoms with Gasteiger partial charge in [-0.3, -0.25) is 9.59 Å². The van der Waals surface area contributed by atoms with E-state index in [1.807, 2.05) is 0 Å². The fraction of sp³-hybridized carbons (Fsp3) is 0.429. The van der Waals surface area contributed by atoms with Gasteiger partial charge in [0, 0.05) is 38.5 Å². The van der Waals surface area contributed by atoms with Gasteiger partial charge < -0.3 is 10.6 Å². The van der Waals surface area contributed by atoms with Crippen molar-refractivity contribution in [3.8, 4) is 0 Å². The number of hydrogen-bond acceptors (Lipinski definition) is 3. The Morgan fingerprint density at radius 1 is 1.29 bits per heavy atom. The Balaban J connectivity index is 0.00000400. The molecule has 21 heavy (non-hydrogen) atoms. The van der Waals surface area contributed by atoms with E-state index in [9.17, 15) is 18.4 Å². The monoisotopic (exact) mass is 320 g/mol. The number of ketones is 1. The largest absolute Gasteiger partial charge is 0.342 e. The first-order valence-corrected chi connectivity index (χ1v) is 6.30. The van der Waals surface area contributed by atoms with Crippen molar-refractivity contribution in [1.29, 1.82) is 0 Å². The molecule has 4 nitrogen and oxygen atoms in total. The van der Waals surface area contributed by atoms with E-state index in [-0.39, 0.29) is 42.8 Å². The van der Waals surface area contributed by atoms with Crippen molar-refractivity contribution in [3.63, 3.8) is 0 Å². The van der Waals surface area contributed by atoms with E-state index in [1.54, 1.807) is 14.0 Å². The Hall–Kier alpha value is -1.53. The third-order valence-corrected chi connectivity index (χ3v) is 3.19. The van der Waals surface area contributed by atoms with E-state index < -0.39 is 17.4 Å². The zero-order valence-corrected chi connectivity index (χ0v) is 12.8. The van der Waals surface area contributed by atoms with Crippen LogP contribution in [0.25, 0.3) is 0 Å². The van der Waals surface area contributed by atoms with Crippen LogP contribution in [0.4, 0.5) is 8.78 Å². The summed E-state index contributed by atoms with van der Waals surface area (Å²) in [6.07, 6.45) is -0.153. The molecule has 1 aromatic carbocycles. The summed E-state index contributed by atoms with van der Waals surface area (Å²) in [6, 6.07) is 2.63. The van der Waals surface area contributed by atoms with Crippen molar-refractivity contribution >= 4 is 24.1 Å². The summed E-state index contributed by atoms with van der Waals surface area (Å²) in [5.74, 6) is -2.42. The SMILES string of the molecule is CC(CN)N(C)C(=O)CCC(=O)c1ccc(F)cc1F.Cl. The maximum Gasteiger partial charge on any atom is 0.223 e.